The van der Waals surface area contributed by atoms with Crippen LogP contribution in [0.2, 0.25) is 0 Å². The summed E-state index contributed by atoms with van der Waals surface area (Å²) in [7, 11) is 1.72. The van der Waals surface area contributed by atoms with Crippen molar-refractivity contribution in [2.24, 2.45) is 0 Å². The zero-order valence-corrected chi connectivity index (χ0v) is 14.7. The van der Waals surface area contributed by atoms with Crippen LogP contribution in [0.3, 0.4) is 0 Å². The summed E-state index contributed by atoms with van der Waals surface area (Å²) in [5.41, 5.74) is 1.34. The van der Waals surface area contributed by atoms with Gasteiger partial charge in [-0.15, -0.1) is 0 Å². The molecule has 0 amide bonds. The fraction of sp³-hybridized carbons (Fsp3) is 0.0556. The molecule has 0 saturated heterocycles. The summed E-state index contributed by atoms with van der Waals surface area (Å²) in [4.78, 5) is 7.93. The molecule has 0 aliphatic heterocycles. The zero-order valence-electron chi connectivity index (χ0n) is 13.9. The van der Waals surface area contributed by atoms with E-state index in [1.165, 1.54) is 18.5 Å². The lowest BCUT2D eigenvalue weighted by Crippen LogP contribution is -2.19. The number of halogens is 1. The number of aromatic nitrogens is 2. The fourth-order valence-corrected chi connectivity index (χ4v) is 2.36. The zero-order chi connectivity index (χ0) is 18.4. The largest absolute Gasteiger partial charge is 0.436 e. The van der Waals surface area contributed by atoms with Crippen molar-refractivity contribution in [2.75, 3.05) is 23.0 Å². The van der Waals surface area contributed by atoms with Gasteiger partial charge in [0.1, 0.15) is 12.1 Å². The second-order valence-corrected chi connectivity index (χ2v) is 5.59. The van der Waals surface area contributed by atoms with Crippen molar-refractivity contribution in [3.63, 3.8) is 0 Å². The molecular weight excluding hydrogens is 353 g/mol. The molecule has 1 heterocycles. The number of benzene rings is 2. The van der Waals surface area contributed by atoms with Crippen LogP contribution in [0.1, 0.15) is 0 Å². The first-order chi connectivity index (χ1) is 12.6. The average Bonchev–Trinajstić information content (AvgIpc) is 2.65. The van der Waals surface area contributed by atoms with Crippen LogP contribution in [0.15, 0.2) is 60.9 Å². The maximum absolute atomic E-state index is 14.3. The van der Waals surface area contributed by atoms with Crippen LogP contribution >= 0.6 is 12.2 Å². The van der Waals surface area contributed by atoms with E-state index in [0.717, 1.165) is 5.69 Å². The lowest BCUT2D eigenvalue weighted by atomic mass is 10.3. The molecule has 3 aromatic rings. The second kappa shape index (κ2) is 8.21. The summed E-state index contributed by atoms with van der Waals surface area (Å²) in [5, 5.41) is 9.17. The summed E-state index contributed by atoms with van der Waals surface area (Å²) in [6, 6.07) is 15.5. The van der Waals surface area contributed by atoms with Crippen molar-refractivity contribution < 1.29 is 9.13 Å². The average molecular weight is 369 g/mol. The fourth-order valence-electron chi connectivity index (χ4n) is 2.12. The van der Waals surface area contributed by atoms with Crippen molar-refractivity contribution in [3.8, 4) is 11.6 Å². The summed E-state index contributed by atoms with van der Waals surface area (Å²) in [5.74, 6) is 0.330. The maximum Gasteiger partial charge on any atom is 0.224 e. The first kappa shape index (κ1) is 17.6. The molecule has 3 rings (SSSR count). The number of nitrogens with zero attached hydrogens (tertiary/aromatic N) is 2. The number of para-hydroxylation sites is 1. The van der Waals surface area contributed by atoms with Gasteiger partial charge in [-0.3, -0.25) is 0 Å². The summed E-state index contributed by atoms with van der Waals surface area (Å²) < 4.78 is 19.8. The van der Waals surface area contributed by atoms with Crippen LogP contribution in [0.25, 0.3) is 0 Å². The van der Waals surface area contributed by atoms with Gasteiger partial charge < -0.3 is 20.7 Å². The van der Waals surface area contributed by atoms with Gasteiger partial charge in [-0.25, -0.2) is 14.4 Å². The van der Waals surface area contributed by atoms with Crippen molar-refractivity contribution >= 4 is 34.5 Å². The molecule has 6 nitrogen and oxygen atoms in total. The number of ether oxygens (including phenoxy) is 1. The van der Waals surface area contributed by atoms with Crippen LogP contribution < -0.4 is 20.7 Å². The van der Waals surface area contributed by atoms with Crippen molar-refractivity contribution in [1.82, 2.24) is 9.97 Å². The summed E-state index contributed by atoms with van der Waals surface area (Å²) in [6.45, 7) is 0. The number of rotatable bonds is 5. The standard InChI is InChI=1S/C18H16FN5OS/c1-20-16-10-17(22-11-21-16)25-15-8-7-13(9-14(15)19)24-18(26)23-12-5-3-2-4-6-12/h2-11H,1H3,(H,20,21,22)(H2,23,24,26). The van der Waals surface area contributed by atoms with Crippen molar-refractivity contribution in [2.45, 2.75) is 0 Å². The van der Waals surface area contributed by atoms with E-state index in [4.69, 9.17) is 17.0 Å². The van der Waals surface area contributed by atoms with Crippen LogP contribution in [0.4, 0.5) is 21.6 Å². The van der Waals surface area contributed by atoms with E-state index in [1.54, 1.807) is 19.2 Å². The minimum absolute atomic E-state index is 0.0539. The molecule has 0 fully saturated rings. The Morgan fingerprint density at radius 3 is 2.50 bits per heavy atom. The lowest BCUT2D eigenvalue weighted by molar-refractivity contribution is 0.427. The predicted octanol–water partition coefficient (Wildman–Crippen LogP) is 4.26. The normalized spacial score (nSPS) is 10.1. The third-order valence-corrected chi connectivity index (χ3v) is 3.54. The Bertz CT molecular complexity index is 907. The molecule has 8 heteroatoms. The number of hydrogen-bond donors (Lipinski definition) is 3. The highest BCUT2D eigenvalue weighted by Gasteiger charge is 2.09. The Hall–Kier alpha value is -3.26. The van der Waals surface area contributed by atoms with Gasteiger partial charge in [-0.05, 0) is 36.5 Å². The number of hydrogen-bond acceptors (Lipinski definition) is 5. The van der Waals surface area contributed by atoms with E-state index in [-0.39, 0.29) is 11.6 Å². The van der Waals surface area contributed by atoms with Crippen LogP contribution in [-0.2, 0) is 0 Å². The predicted molar refractivity (Wildman–Crippen MR) is 104 cm³/mol. The Balaban J connectivity index is 1.66. The van der Waals surface area contributed by atoms with E-state index in [9.17, 15) is 4.39 Å². The first-order valence-corrected chi connectivity index (χ1v) is 8.15. The molecule has 3 N–H and O–H groups in total. The van der Waals surface area contributed by atoms with Gasteiger partial charge in [0.2, 0.25) is 5.88 Å². The molecule has 0 unspecified atom stereocenters. The minimum atomic E-state index is -0.540. The van der Waals surface area contributed by atoms with Crippen molar-refractivity contribution in [3.05, 3.63) is 66.7 Å². The molecule has 0 aliphatic carbocycles. The topological polar surface area (TPSA) is 71.1 Å². The quantitative estimate of drug-likeness (QED) is 0.581. The van der Waals surface area contributed by atoms with Crippen molar-refractivity contribution in [1.29, 1.82) is 0 Å². The van der Waals surface area contributed by atoms with Crippen LogP contribution in [0, 0.1) is 5.82 Å². The molecule has 0 atom stereocenters. The maximum atomic E-state index is 14.3. The van der Waals surface area contributed by atoms with Gasteiger partial charge in [0.15, 0.2) is 16.7 Å². The van der Waals surface area contributed by atoms with E-state index >= 15 is 0 Å². The highest BCUT2D eigenvalue weighted by molar-refractivity contribution is 7.80. The lowest BCUT2D eigenvalue weighted by Gasteiger charge is -2.12. The molecule has 0 saturated carbocycles. The van der Waals surface area contributed by atoms with Gasteiger partial charge in [0, 0.05) is 30.6 Å². The number of anilines is 3. The monoisotopic (exact) mass is 369 g/mol. The Morgan fingerprint density at radius 2 is 1.77 bits per heavy atom. The third-order valence-electron chi connectivity index (χ3n) is 3.33. The van der Waals surface area contributed by atoms with E-state index in [2.05, 4.69) is 25.9 Å². The third kappa shape index (κ3) is 4.64. The molecule has 26 heavy (non-hydrogen) atoms. The van der Waals surface area contributed by atoms with Gasteiger partial charge in [-0.2, -0.15) is 0 Å². The van der Waals surface area contributed by atoms with Gasteiger partial charge >= 0.3 is 0 Å². The smallest absolute Gasteiger partial charge is 0.224 e. The van der Waals surface area contributed by atoms with Crippen LogP contribution in [-0.4, -0.2) is 22.1 Å². The first-order valence-electron chi connectivity index (χ1n) is 7.74. The van der Waals surface area contributed by atoms with Gasteiger partial charge in [0.25, 0.3) is 0 Å². The van der Waals surface area contributed by atoms with E-state index in [0.29, 0.717) is 16.6 Å². The summed E-state index contributed by atoms with van der Waals surface area (Å²) in [6.07, 6.45) is 1.34. The SMILES string of the molecule is CNc1cc(Oc2ccc(NC(=S)Nc3ccccc3)cc2F)ncn1. The van der Waals surface area contributed by atoms with E-state index in [1.807, 2.05) is 30.3 Å². The summed E-state index contributed by atoms with van der Waals surface area (Å²) >= 11 is 5.23. The molecule has 0 spiro atoms. The second-order valence-electron chi connectivity index (χ2n) is 5.18. The molecule has 2 aromatic carbocycles. The Labute approximate surface area is 155 Å². The van der Waals surface area contributed by atoms with Crippen LogP contribution in [0.5, 0.6) is 11.6 Å². The highest BCUT2D eigenvalue weighted by atomic mass is 32.1. The molecule has 132 valence electrons. The van der Waals surface area contributed by atoms with E-state index < -0.39 is 5.82 Å². The molecular formula is C18H16FN5OS. The molecule has 0 bridgehead atoms. The number of nitrogens with one attached hydrogen (secondary N) is 3. The Kier molecular flexibility index (Phi) is 5.55. The highest BCUT2D eigenvalue weighted by Crippen LogP contribution is 2.26. The molecule has 0 radical (unpaired) electrons. The Morgan fingerprint density at radius 1 is 1.00 bits per heavy atom. The number of thiocarbonyl (C=S) groups is 1. The molecule has 1 aromatic heterocycles. The minimum Gasteiger partial charge on any atom is -0.436 e. The molecule has 0 aliphatic rings. The van der Waals surface area contributed by atoms with Gasteiger partial charge in [0.05, 0.1) is 0 Å². The van der Waals surface area contributed by atoms with Gasteiger partial charge in [-0.1, -0.05) is 18.2 Å².